The molecule has 1 fully saturated rings. The molecule has 0 bridgehead atoms. The summed E-state index contributed by atoms with van der Waals surface area (Å²) < 4.78 is 14.4. The highest BCUT2D eigenvalue weighted by atomic mass is 19.1. The maximum Gasteiger partial charge on any atom is 0.132 e. The molecule has 5 nitrogen and oxygen atoms in total. The molecular formula is C32H44FN5. The molecule has 1 saturated heterocycles. The Morgan fingerprint density at radius 2 is 1.71 bits per heavy atom. The van der Waals surface area contributed by atoms with Crippen LogP contribution in [0.15, 0.2) is 60.1 Å². The van der Waals surface area contributed by atoms with Crippen LogP contribution in [0.2, 0.25) is 0 Å². The van der Waals surface area contributed by atoms with Crippen LogP contribution in [0.25, 0.3) is 24.0 Å². The molecule has 0 saturated carbocycles. The first-order chi connectivity index (χ1) is 18.4. The molecule has 6 heteroatoms. The largest absolute Gasteiger partial charge is 0.369 e. The lowest BCUT2D eigenvalue weighted by atomic mass is 10.0. The number of hydrogen-bond donors (Lipinski definition) is 1. The second kappa shape index (κ2) is 15.7. The molecule has 2 heterocycles. The highest BCUT2D eigenvalue weighted by Gasteiger charge is 2.16. The highest BCUT2D eigenvalue weighted by molar-refractivity contribution is 6.01. The third kappa shape index (κ3) is 7.75. The van der Waals surface area contributed by atoms with Gasteiger partial charge in [-0.15, -0.1) is 6.58 Å². The summed E-state index contributed by atoms with van der Waals surface area (Å²) in [5.74, 6) is -0.250. The zero-order valence-electron chi connectivity index (χ0n) is 24.0. The Kier molecular flexibility index (Phi) is 12.7. The van der Waals surface area contributed by atoms with Gasteiger partial charge in [-0.05, 0) is 50.6 Å². The number of nitrogens with zero attached hydrogens (tertiary/aromatic N) is 4. The van der Waals surface area contributed by atoms with Crippen molar-refractivity contribution >= 4 is 24.2 Å². The van der Waals surface area contributed by atoms with Crippen LogP contribution in [0.1, 0.15) is 52.7 Å². The quantitative estimate of drug-likeness (QED) is 0.332. The first-order valence-electron chi connectivity index (χ1n) is 13.6. The molecule has 0 spiro atoms. The minimum atomic E-state index is -0.250. The van der Waals surface area contributed by atoms with Crippen LogP contribution in [0.5, 0.6) is 0 Å². The van der Waals surface area contributed by atoms with E-state index in [2.05, 4.69) is 69.3 Å². The lowest BCUT2D eigenvalue weighted by Crippen LogP contribution is -2.46. The van der Waals surface area contributed by atoms with E-state index in [-0.39, 0.29) is 5.82 Å². The van der Waals surface area contributed by atoms with E-state index in [1.807, 2.05) is 40.7 Å². The van der Waals surface area contributed by atoms with Crippen molar-refractivity contribution in [3.63, 3.8) is 0 Å². The maximum atomic E-state index is 14.4. The van der Waals surface area contributed by atoms with Crippen LogP contribution >= 0.6 is 0 Å². The summed E-state index contributed by atoms with van der Waals surface area (Å²) in [6.45, 7) is 24.9. The van der Waals surface area contributed by atoms with Gasteiger partial charge in [0.25, 0.3) is 0 Å². The van der Waals surface area contributed by atoms with E-state index in [9.17, 15) is 4.39 Å². The second-order valence-electron chi connectivity index (χ2n) is 8.81. The third-order valence-electron chi connectivity index (χ3n) is 6.45. The summed E-state index contributed by atoms with van der Waals surface area (Å²) in [5.41, 5.74) is 5.19. The molecule has 0 aliphatic carbocycles. The first-order valence-corrected chi connectivity index (χ1v) is 13.6. The molecule has 0 atom stereocenters. The molecule has 2 aromatic carbocycles. The van der Waals surface area contributed by atoms with Gasteiger partial charge >= 0.3 is 0 Å². The molecule has 1 aliphatic heterocycles. The Bertz CT molecular complexity index is 1280. The molecule has 1 aliphatic rings. The summed E-state index contributed by atoms with van der Waals surface area (Å²) in [7, 11) is 0. The number of allylic oxidation sites excluding steroid dienone is 1. The lowest BCUT2D eigenvalue weighted by molar-refractivity contribution is 0.271. The molecule has 3 aromatic rings. The van der Waals surface area contributed by atoms with Crippen molar-refractivity contribution in [1.29, 1.82) is 0 Å². The number of H-pyrrole nitrogens is 1. The second-order valence-corrected chi connectivity index (χ2v) is 8.81. The van der Waals surface area contributed by atoms with E-state index in [4.69, 9.17) is 0 Å². The number of halogens is 1. The summed E-state index contributed by atoms with van der Waals surface area (Å²) in [5, 5.41) is 8.99. The van der Waals surface area contributed by atoms with Crippen molar-refractivity contribution in [2.45, 2.75) is 48.0 Å². The van der Waals surface area contributed by atoms with Crippen LogP contribution in [-0.2, 0) is 6.42 Å². The molecular weight excluding hydrogens is 473 g/mol. The van der Waals surface area contributed by atoms with Gasteiger partial charge in [0, 0.05) is 53.9 Å². The molecule has 1 N–H and O–H groups in total. The van der Waals surface area contributed by atoms with Crippen LogP contribution in [0.3, 0.4) is 0 Å². The van der Waals surface area contributed by atoms with Gasteiger partial charge in [-0.1, -0.05) is 64.6 Å². The van der Waals surface area contributed by atoms with Gasteiger partial charge < -0.3 is 9.80 Å². The van der Waals surface area contributed by atoms with Gasteiger partial charge in [-0.25, -0.2) is 4.39 Å². The number of aliphatic imine (C=N–C) groups is 1. The molecule has 4 rings (SSSR count). The number of aromatic amines is 1. The predicted octanol–water partition coefficient (Wildman–Crippen LogP) is 5.80. The fourth-order valence-corrected chi connectivity index (χ4v) is 4.37. The van der Waals surface area contributed by atoms with Crippen LogP contribution in [0, 0.1) is 5.82 Å². The molecule has 38 heavy (non-hydrogen) atoms. The predicted molar refractivity (Wildman–Crippen MR) is 163 cm³/mol. The zero-order chi connectivity index (χ0) is 28.1. The first kappa shape index (κ1) is 30.7. The minimum absolute atomic E-state index is 0.250. The number of aromatic nitrogens is 2. The SMILES string of the molecule is C=CC.C=c1c(-c2ccc(N3CCN(CC)CC3)cc2)n[nH]/c1=C/N=C(C)c1c(F)cccc1CC.CC. The lowest BCUT2D eigenvalue weighted by Gasteiger charge is -2.35. The fraction of sp³-hybridized carbons (Fsp3) is 0.375. The maximum absolute atomic E-state index is 14.4. The van der Waals surface area contributed by atoms with Crippen LogP contribution in [-0.4, -0.2) is 53.5 Å². The summed E-state index contributed by atoms with van der Waals surface area (Å²) in [4.78, 5) is 9.42. The van der Waals surface area contributed by atoms with Gasteiger partial charge in [0.15, 0.2) is 0 Å². The van der Waals surface area contributed by atoms with E-state index in [1.165, 1.54) is 11.8 Å². The summed E-state index contributed by atoms with van der Waals surface area (Å²) in [6.07, 6.45) is 4.18. The standard InChI is InChI=1S/C27H32FN5.C3H6.C2H6/c1-5-21-8-7-9-24(28)26(21)20(4)29-18-25-19(3)27(31-30-25)22-10-12-23(13-11-22)33-16-14-32(6-2)15-17-33;1-3-2;1-2/h7-13,18,30H,3,5-6,14-17H2,1-2,4H3;3H,1H2,2H3;1-2H3/b25-18+,29-20?;;. The van der Waals surface area contributed by atoms with Gasteiger partial charge in [0.2, 0.25) is 0 Å². The number of nitrogens with one attached hydrogen (secondary N) is 1. The van der Waals surface area contributed by atoms with Crippen LogP contribution in [0.4, 0.5) is 10.1 Å². The van der Waals surface area contributed by atoms with E-state index in [0.717, 1.165) is 66.5 Å². The Hall–Kier alpha value is -3.51. The normalized spacial score (nSPS) is 14.3. The highest BCUT2D eigenvalue weighted by Crippen LogP contribution is 2.21. The topological polar surface area (TPSA) is 47.5 Å². The average molecular weight is 518 g/mol. The van der Waals surface area contributed by atoms with Gasteiger partial charge in [0.05, 0.1) is 17.2 Å². The summed E-state index contributed by atoms with van der Waals surface area (Å²) in [6, 6.07) is 13.6. The van der Waals surface area contributed by atoms with Crippen molar-refractivity contribution in [2.24, 2.45) is 4.99 Å². The third-order valence-corrected chi connectivity index (χ3v) is 6.45. The number of hydrogen-bond acceptors (Lipinski definition) is 4. The average Bonchev–Trinajstić information content (AvgIpc) is 3.33. The van der Waals surface area contributed by atoms with Crippen molar-refractivity contribution in [1.82, 2.24) is 15.1 Å². The van der Waals surface area contributed by atoms with Crippen molar-refractivity contribution in [3.8, 4) is 11.3 Å². The van der Waals surface area contributed by atoms with Crippen molar-refractivity contribution < 1.29 is 4.39 Å². The molecule has 0 amide bonds. The Morgan fingerprint density at radius 1 is 1.08 bits per heavy atom. The molecule has 204 valence electrons. The fourth-order valence-electron chi connectivity index (χ4n) is 4.37. The van der Waals surface area contributed by atoms with E-state index >= 15 is 0 Å². The number of aryl methyl sites for hydroxylation is 1. The molecule has 0 radical (unpaired) electrons. The number of likely N-dealkylation sites (N-methyl/N-ethyl adjacent to an activating group) is 1. The minimum Gasteiger partial charge on any atom is -0.369 e. The summed E-state index contributed by atoms with van der Waals surface area (Å²) >= 11 is 0. The number of benzene rings is 2. The zero-order valence-corrected chi connectivity index (χ0v) is 24.0. The molecule has 1 aromatic heterocycles. The number of anilines is 1. The van der Waals surface area contributed by atoms with Gasteiger partial charge in [-0.3, -0.25) is 10.1 Å². The van der Waals surface area contributed by atoms with E-state index in [1.54, 1.807) is 18.3 Å². The van der Waals surface area contributed by atoms with E-state index in [0.29, 0.717) is 11.3 Å². The Labute approximate surface area is 228 Å². The number of rotatable bonds is 6. The Balaban J connectivity index is 0.000000947. The van der Waals surface area contributed by atoms with Crippen molar-refractivity contribution in [2.75, 3.05) is 37.6 Å². The van der Waals surface area contributed by atoms with Gasteiger partial charge in [-0.2, -0.15) is 5.10 Å². The van der Waals surface area contributed by atoms with Crippen molar-refractivity contribution in [3.05, 3.63) is 82.6 Å². The van der Waals surface area contributed by atoms with Crippen LogP contribution < -0.4 is 15.5 Å². The van der Waals surface area contributed by atoms with Gasteiger partial charge in [0.1, 0.15) is 5.82 Å². The Morgan fingerprint density at radius 3 is 2.29 bits per heavy atom. The van der Waals surface area contributed by atoms with E-state index < -0.39 is 0 Å². The monoisotopic (exact) mass is 517 g/mol. The number of piperazine rings is 1. The molecule has 0 unspecified atom stereocenters. The smallest absolute Gasteiger partial charge is 0.132 e.